The van der Waals surface area contributed by atoms with Crippen LogP contribution in [0.3, 0.4) is 0 Å². The lowest BCUT2D eigenvalue weighted by Gasteiger charge is -2.16. The second kappa shape index (κ2) is 9.07. The zero-order chi connectivity index (χ0) is 29.4. The number of hydrogen-bond donors (Lipinski definition) is 0. The molecule has 0 N–H and O–H groups in total. The van der Waals surface area contributed by atoms with E-state index in [1.54, 1.807) is 0 Å². The molecule has 0 saturated carbocycles. The van der Waals surface area contributed by atoms with Gasteiger partial charge in [0.25, 0.3) is 0 Å². The largest absolute Gasteiger partial charge is 0.308 e. The molecule has 0 spiro atoms. The van der Waals surface area contributed by atoms with Crippen molar-refractivity contribution in [1.82, 2.24) is 9.13 Å². The van der Waals surface area contributed by atoms with Crippen LogP contribution in [-0.2, 0) is 0 Å². The van der Waals surface area contributed by atoms with E-state index < -0.39 is 0 Å². The minimum absolute atomic E-state index is 0.493. The lowest BCUT2D eigenvalue weighted by Crippen LogP contribution is -2.05. The molecule has 0 unspecified atom stereocenters. The van der Waals surface area contributed by atoms with Crippen molar-refractivity contribution in [2.24, 2.45) is 0 Å². The standard InChI is InChI=1S/C40H22N4/c41-23-25-21-37(43-33-15-7-5-13-30(33)39-28-11-3-1-9-26(28)17-19-35(39)43)32(24-42)38(22-25)44-34-16-8-6-14-31(34)40-29-12-4-2-10-27(29)18-20-36(40)44/h1-22H. The van der Waals surface area contributed by atoms with Crippen LogP contribution in [0, 0.1) is 22.7 Å². The Hall–Kier alpha value is -6.36. The van der Waals surface area contributed by atoms with E-state index in [4.69, 9.17) is 0 Å². The maximum atomic E-state index is 10.9. The van der Waals surface area contributed by atoms with E-state index in [1.165, 1.54) is 0 Å². The molecule has 0 fully saturated rings. The Bertz CT molecular complexity index is 2570. The molecule has 0 atom stereocenters. The normalized spacial score (nSPS) is 11.6. The average Bonchev–Trinajstić information content (AvgIpc) is 3.61. The molecular weight excluding hydrogens is 536 g/mol. The lowest BCUT2D eigenvalue weighted by molar-refractivity contribution is 1.11. The van der Waals surface area contributed by atoms with Crippen molar-refractivity contribution in [3.8, 4) is 23.5 Å². The summed E-state index contributed by atoms with van der Waals surface area (Å²) in [6.07, 6.45) is 0. The number of para-hydroxylation sites is 2. The molecule has 202 valence electrons. The van der Waals surface area contributed by atoms with Gasteiger partial charge in [-0.25, -0.2) is 0 Å². The van der Waals surface area contributed by atoms with Gasteiger partial charge in [0.05, 0.1) is 45.1 Å². The molecule has 4 heteroatoms. The first kappa shape index (κ1) is 24.3. The zero-order valence-corrected chi connectivity index (χ0v) is 23.5. The van der Waals surface area contributed by atoms with Gasteiger partial charge >= 0.3 is 0 Å². The molecule has 2 aromatic heterocycles. The Kier molecular flexibility index (Phi) is 5.00. The summed E-state index contributed by atoms with van der Waals surface area (Å²) in [4.78, 5) is 0. The highest BCUT2D eigenvalue weighted by molar-refractivity contribution is 6.22. The molecule has 0 saturated heterocycles. The fraction of sp³-hybridized carbons (Fsp3) is 0. The number of fused-ring (bicyclic) bond motifs is 10. The van der Waals surface area contributed by atoms with Crippen LogP contribution in [0.15, 0.2) is 133 Å². The maximum Gasteiger partial charge on any atom is 0.104 e. The van der Waals surface area contributed by atoms with Crippen LogP contribution >= 0.6 is 0 Å². The van der Waals surface area contributed by atoms with E-state index in [9.17, 15) is 10.5 Å². The number of rotatable bonds is 2. The van der Waals surface area contributed by atoms with Gasteiger partial charge in [-0.2, -0.15) is 10.5 Å². The fourth-order valence-corrected chi connectivity index (χ4v) is 7.14. The molecule has 0 amide bonds. The summed E-state index contributed by atoms with van der Waals surface area (Å²) < 4.78 is 4.31. The Morgan fingerprint density at radius 2 is 0.841 bits per heavy atom. The molecule has 9 aromatic rings. The summed E-state index contributed by atoms with van der Waals surface area (Å²) in [5.74, 6) is 0. The molecule has 0 bridgehead atoms. The van der Waals surface area contributed by atoms with Crippen LogP contribution in [0.4, 0.5) is 0 Å². The predicted octanol–water partition coefficient (Wildman–Crippen LogP) is 9.93. The van der Waals surface area contributed by atoms with E-state index in [2.05, 4.69) is 130 Å². The van der Waals surface area contributed by atoms with Crippen molar-refractivity contribution < 1.29 is 0 Å². The third-order valence-corrected chi connectivity index (χ3v) is 8.94. The second-order valence-electron chi connectivity index (χ2n) is 11.2. The SMILES string of the molecule is N#Cc1cc(-n2c3ccccc3c3c4ccccc4ccc32)c(C#N)c(-n2c3ccccc3c3c4ccccc4ccc32)c1. The van der Waals surface area contributed by atoms with Crippen molar-refractivity contribution in [2.75, 3.05) is 0 Å². The van der Waals surface area contributed by atoms with Gasteiger partial charge in [-0.1, -0.05) is 97.1 Å². The number of nitriles is 2. The Balaban J connectivity index is 1.46. The number of benzene rings is 7. The van der Waals surface area contributed by atoms with E-state index in [1.807, 2.05) is 24.3 Å². The third-order valence-electron chi connectivity index (χ3n) is 8.94. The first-order valence-corrected chi connectivity index (χ1v) is 14.6. The first-order chi connectivity index (χ1) is 21.8. The molecule has 0 aliphatic carbocycles. The predicted molar refractivity (Wildman–Crippen MR) is 180 cm³/mol. The molecule has 2 heterocycles. The van der Waals surface area contributed by atoms with E-state index >= 15 is 0 Å². The molecule has 0 aliphatic rings. The van der Waals surface area contributed by atoms with Gasteiger partial charge in [-0.3, -0.25) is 0 Å². The van der Waals surface area contributed by atoms with E-state index in [0.29, 0.717) is 22.5 Å². The van der Waals surface area contributed by atoms with Crippen LogP contribution < -0.4 is 0 Å². The maximum absolute atomic E-state index is 10.9. The topological polar surface area (TPSA) is 57.4 Å². The van der Waals surface area contributed by atoms with Crippen molar-refractivity contribution in [1.29, 1.82) is 10.5 Å². The van der Waals surface area contributed by atoms with Gasteiger partial charge in [-0.05, 0) is 57.9 Å². The van der Waals surface area contributed by atoms with Gasteiger partial charge in [0.1, 0.15) is 11.6 Å². The smallest absolute Gasteiger partial charge is 0.104 e. The summed E-state index contributed by atoms with van der Waals surface area (Å²) in [5.41, 5.74) is 6.35. The first-order valence-electron chi connectivity index (χ1n) is 14.6. The highest BCUT2D eigenvalue weighted by Crippen LogP contribution is 2.41. The highest BCUT2D eigenvalue weighted by atomic mass is 15.0. The van der Waals surface area contributed by atoms with Crippen LogP contribution in [0.2, 0.25) is 0 Å². The van der Waals surface area contributed by atoms with Crippen LogP contribution in [0.5, 0.6) is 0 Å². The fourth-order valence-electron chi connectivity index (χ4n) is 7.14. The van der Waals surface area contributed by atoms with Crippen molar-refractivity contribution in [3.05, 3.63) is 145 Å². The summed E-state index contributed by atoms with van der Waals surface area (Å²) >= 11 is 0. The molecule has 7 aromatic carbocycles. The van der Waals surface area contributed by atoms with Gasteiger partial charge in [-0.15, -0.1) is 0 Å². The molecular formula is C40H22N4. The number of aromatic nitrogens is 2. The minimum atomic E-state index is 0.493. The van der Waals surface area contributed by atoms with Crippen molar-refractivity contribution in [3.63, 3.8) is 0 Å². The van der Waals surface area contributed by atoms with Gasteiger partial charge in [0.15, 0.2) is 0 Å². The molecule has 0 radical (unpaired) electrons. The zero-order valence-electron chi connectivity index (χ0n) is 23.5. The molecule has 4 nitrogen and oxygen atoms in total. The summed E-state index contributed by atoms with van der Waals surface area (Å²) in [6, 6.07) is 50.6. The highest BCUT2D eigenvalue weighted by Gasteiger charge is 2.23. The van der Waals surface area contributed by atoms with Crippen molar-refractivity contribution >= 4 is 65.2 Å². The van der Waals surface area contributed by atoms with Gasteiger partial charge in [0.2, 0.25) is 0 Å². The van der Waals surface area contributed by atoms with Gasteiger partial charge in [0, 0.05) is 21.5 Å². The van der Waals surface area contributed by atoms with Crippen LogP contribution in [0.25, 0.3) is 76.5 Å². The summed E-state index contributed by atoms with van der Waals surface area (Å²) in [6.45, 7) is 0. The molecule has 9 rings (SSSR count). The monoisotopic (exact) mass is 558 g/mol. The van der Waals surface area contributed by atoms with Crippen molar-refractivity contribution in [2.45, 2.75) is 0 Å². The minimum Gasteiger partial charge on any atom is -0.308 e. The Morgan fingerprint density at radius 1 is 0.409 bits per heavy atom. The molecule has 0 aliphatic heterocycles. The van der Waals surface area contributed by atoms with E-state index in [0.717, 1.165) is 65.2 Å². The van der Waals surface area contributed by atoms with Gasteiger partial charge < -0.3 is 9.13 Å². The lowest BCUT2D eigenvalue weighted by atomic mass is 10.0. The Labute approximate surface area is 252 Å². The van der Waals surface area contributed by atoms with E-state index in [-0.39, 0.29) is 0 Å². The number of nitrogens with zero attached hydrogens (tertiary/aromatic N) is 4. The third kappa shape index (κ3) is 3.20. The summed E-state index contributed by atoms with van der Waals surface area (Å²) in [5, 5.41) is 30.4. The molecule has 44 heavy (non-hydrogen) atoms. The average molecular weight is 559 g/mol. The quantitative estimate of drug-likeness (QED) is 0.212. The summed E-state index contributed by atoms with van der Waals surface area (Å²) in [7, 11) is 0. The second-order valence-corrected chi connectivity index (χ2v) is 11.2. The van der Waals surface area contributed by atoms with Crippen LogP contribution in [-0.4, -0.2) is 9.13 Å². The number of hydrogen-bond acceptors (Lipinski definition) is 2. The Morgan fingerprint density at radius 3 is 1.30 bits per heavy atom. The van der Waals surface area contributed by atoms with Crippen LogP contribution in [0.1, 0.15) is 11.1 Å².